The number of alkyl halides is 2. The van der Waals surface area contributed by atoms with Crippen LogP contribution in [0.3, 0.4) is 0 Å². The number of nitrogens with one attached hydrogen (secondary N) is 3. The Morgan fingerprint density at radius 2 is 1.93 bits per heavy atom. The van der Waals surface area contributed by atoms with Gasteiger partial charge in [-0.25, -0.2) is 0 Å². The highest BCUT2D eigenvalue weighted by molar-refractivity contribution is 7.15. The highest BCUT2D eigenvalue weighted by atomic mass is 32.1. The normalized spacial score (nSPS) is 23.0. The van der Waals surface area contributed by atoms with Crippen LogP contribution in [0, 0.1) is 0 Å². The number of halogens is 2. The van der Waals surface area contributed by atoms with Gasteiger partial charge in [0.15, 0.2) is 5.06 Å². The largest absolute Gasteiger partial charge is 0.447 e. The van der Waals surface area contributed by atoms with Crippen LogP contribution >= 0.6 is 11.3 Å². The smallest absolute Gasteiger partial charge is 0.315 e. The first-order valence-corrected chi connectivity index (χ1v) is 9.83. The number of benzene rings is 1. The van der Waals surface area contributed by atoms with E-state index in [-0.39, 0.29) is 17.6 Å². The summed E-state index contributed by atoms with van der Waals surface area (Å²) in [7, 11) is 0. The van der Waals surface area contributed by atoms with Gasteiger partial charge in [-0.2, -0.15) is 8.78 Å². The summed E-state index contributed by atoms with van der Waals surface area (Å²) in [5, 5.41) is 9.22. The fourth-order valence-electron chi connectivity index (χ4n) is 3.64. The Bertz CT molecular complexity index is 872. The molecule has 2 fully saturated rings. The Balaban J connectivity index is 1.33. The lowest BCUT2D eigenvalue weighted by molar-refractivity contribution is -0.126. The number of amides is 2. The van der Waals surface area contributed by atoms with Crippen molar-refractivity contribution in [3.8, 4) is 10.8 Å². The molecule has 1 aromatic heterocycles. The second kappa shape index (κ2) is 7.84. The van der Waals surface area contributed by atoms with Crippen LogP contribution in [0.2, 0.25) is 0 Å². The van der Waals surface area contributed by atoms with E-state index >= 15 is 0 Å². The van der Waals surface area contributed by atoms with Crippen molar-refractivity contribution in [2.24, 2.45) is 0 Å². The van der Waals surface area contributed by atoms with Gasteiger partial charge in [0, 0.05) is 23.8 Å². The number of rotatable bonds is 6. The van der Waals surface area contributed by atoms with E-state index in [1.807, 2.05) is 0 Å². The van der Waals surface area contributed by atoms with Gasteiger partial charge in [0.2, 0.25) is 0 Å². The lowest BCUT2D eigenvalue weighted by Crippen LogP contribution is -2.42. The molecule has 2 aliphatic rings. The first-order chi connectivity index (χ1) is 13.5. The monoisotopic (exact) mass is 407 g/mol. The van der Waals surface area contributed by atoms with Crippen molar-refractivity contribution in [3.63, 3.8) is 0 Å². The summed E-state index contributed by atoms with van der Waals surface area (Å²) in [5.74, 6) is -0.987. The zero-order valence-electron chi connectivity index (χ0n) is 14.8. The molecule has 3 atom stereocenters. The first-order valence-electron chi connectivity index (χ1n) is 9.01. The minimum atomic E-state index is -3.07. The molecule has 2 amide bonds. The number of ether oxygens (including phenoxy) is 1. The molecule has 148 valence electrons. The molecule has 4 rings (SSSR count). The van der Waals surface area contributed by atoms with E-state index in [0.29, 0.717) is 27.8 Å². The van der Waals surface area contributed by atoms with Crippen molar-refractivity contribution in [1.29, 1.82) is 0 Å². The van der Waals surface area contributed by atoms with E-state index in [4.69, 9.17) is 4.74 Å². The highest BCUT2D eigenvalue weighted by Crippen LogP contribution is 2.32. The summed E-state index contributed by atoms with van der Waals surface area (Å²) >= 11 is 1.23. The molecule has 3 N–H and O–H groups in total. The van der Waals surface area contributed by atoms with Crippen LogP contribution in [-0.2, 0) is 4.79 Å². The topological polar surface area (TPSA) is 79.5 Å². The number of carbonyl (C=O) groups is 2. The van der Waals surface area contributed by atoms with E-state index in [0.717, 1.165) is 12.8 Å². The van der Waals surface area contributed by atoms with Crippen LogP contribution in [0.4, 0.5) is 14.5 Å². The predicted octanol–water partition coefficient (Wildman–Crippen LogP) is 3.37. The van der Waals surface area contributed by atoms with Crippen LogP contribution in [0.5, 0.6) is 10.8 Å². The average molecular weight is 407 g/mol. The number of hydrogen-bond donors (Lipinski definition) is 3. The Hall–Kier alpha value is -2.52. The van der Waals surface area contributed by atoms with Gasteiger partial charge in [0.1, 0.15) is 5.75 Å². The van der Waals surface area contributed by atoms with Gasteiger partial charge in [-0.05, 0) is 55.7 Å². The Morgan fingerprint density at radius 3 is 2.57 bits per heavy atom. The minimum Gasteiger partial charge on any atom is -0.447 e. The molecular formula is C19H19F2N3O3S. The fraction of sp³-hybridized carbons (Fsp3) is 0.368. The third kappa shape index (κ3) is 4.15. The maximum absolute atomic E-state index is 12.5. The number of hydrogen-bond acceptors (Lipinski definition) is 5. The zero-order valence-corrected chi connectivity index (χ0v) is 15.6. The van der Waals surface area contributed by atoms with Crippen molar-refractivity contribution in [2.75, 3.05) is 5.32 Å². The standard InChI is InChI=1S/C19H19F2N3O3S/c20-17(21)19(26)23-10-1-4-12(5-2-10)27-16-8-7-15(28-16)18(25)24-14-9-11-3-6-13(14)22-11/h1-2,4-5,7-8,11,13-14,17,22H,3,6,9H2,(H,23,26)(H,24,25). The van der Waals surface area contributed by atoms with Crippen molar-refractivity contribution < 1.29 is 23.1 Å². The molecule has 9 heteroatoms. The molecule has 3 unspecified atom stereocenters. The molecule has 6 nitrogen and oxygen atoms in total. The van der Waals surface area contributed by atoms with E-state index in [1.165, 1.54) is 29.9 Å². The van der Waals surface area contributed by atoms with Crippen molar-refractivity contribution in [1.82, 2.24) is 10.6 Å². The number of fused-ring (bicyclic) bond motifs is 2. The summed E-state index contributed by atoms with van der Waals surface area (Å²) in [6.45, 7) is 0. The van der Waals surface area contributed by atoms with E-state index in [1.54, 1.807) is 24.3 Å². The lowest BCUT2D eigenvalue weighted by Gasteiger charge is -2.20. The van der Waals surface area contributed by atoms with Crippen LogP contribution in [0.15, 0.2) is 36.4 Å². The van der Waals surface area contributed by atoms with E-state index in [2.05, 4.69) is 16.0 Å². The average Bonchev–Trinajstić information content (AvgIpc) is 3.40. The van der Waals surface area contributed by atoms with Crippen LogP contribution < -0.4 is 20.7 Å². The minimum absolute atomic E-state index is 0.107. The number of carbonyl (C=O) groups excluding carboxylic acids is 2. The summed E-state index contributed by atoms with van der Waals surface area (Å²) in [6, 6.07) is 10.5. The molecule has 3 heterocycles. The number of thiophene rings is 1. The summed E-state index contributed by atoms with van der Waals surface area (Å²) in [6.07, 6.45) is 0.183. The van der Waals surface area contributed by atoms with Gasteiger partial charge in [-0.15, -0.1) is 0 Å². The molecule has 28 heavy (non-hydrogen) atoms. The van der Waals surface area contributed by atoms with Gasteiger partial charge < -0.3 is 20.7 Å². The van der Waals surface area contributed by atoms with Crippen molar-refractivity contribution in [3.05, 3.63) is 41.3 Å². The maximum atomic E-state index is 12.5. The molecule has 0 spiro atoms. The quantitative estimate of drug-likeness (QED) is 0.686. The SMILES string of the molecule is O=C(NC1CC2CCC1N2)c1ccc(Oc2ccc(NC(=O)C(F)F)cc2)s1. The molecule has 0 aliphatic carbocycles. The van der Waals surface area contributed by atoms with Crippen LogP contribution in [0.25, 0.3) is 0 Å². The molecule has 1 aromatic carbocycles. The lowest BCUT2D eigenvalue weighted by atomic mass is 9.95. The molecular weight excluding hydrogens is 388 g/mol. The Labute approximate surface area is 164 Å². The second-order valence-electron chi connectivity index (χ2n) is 6.90. The van der Waals surface area contributed by atoms with Gasteiger partial charge in [0.05, 0.1) is 4.88 Å². The second-order valence-corrected chi connectivity index (χ2v) is 7.94. The van der Waals surface area contributed by atoms with Crippen LogP contribution in [-0.4, -0.2) is 36.4 Å². The van der Waals surface area contributed by atoms with Gasteiger partial charge in [-0.1, -0.05) is 11.3 Å². The van der Waals surface area contributed by atoms with Gasteiger partial charge >= 0.3 is 6.43 Å². The Kier molecular flexibility index (Phi) is 5.27. The van der Waals surface area contributed by atoms with E-state index in [9.17, 15) is 18.4 Å². The van der Waals surface area contributed by atoms with E-state index < -0.39 is 12.3 Å². The van der Waals surface area contributed by atoms with Gasteiger partial charge in [-0.3, -0.25) is 9.59 Å². The summed E-state index contributed by atoms with van der Waals surface area (Å²) in [5.41, 5.74) is 0.253. The maximum Gasteiger partial charge on any atom is 0.315 e. The fourth-order valence-corrected chi connectivity index (χ4v) is 4.42. The third-order valence-corrected chi connectivity index (χ3v) is 5.92. The molecule has 2 aliphatic heterocycles. The van der Waals surface area contributed by atoms with Gasteiger partial charge in [0.25, 0.3) is 11.8 Å². The summed E-state index contributed by atoms with van der Waals surface area (Å²) in [4.78, 5) is 24.0. The summed E-state index contributed by atoms with van der Waals surface area (Å²) < 4.78 is 30.2. The highest BCUT2D eigenvalue weighted by Gasteiger charge is 2.39. The third-order valence-electron chi connectivity index (χ3n) is 4.96. The predicted molar refractivity (Wildman–Crippen MR) is 101 cm³/mol. The molecule has 0 radical (unpaired) electrons. The first kappa shape index (κ1) is 18.8. The molecule has 2 bridgehead atoms. The Morgan fingerprint density at radius 1 is 1.14 bits per heavy atom. The van der Waals surface area contributed by atoms with Crippen molar-refractivity contribution >= 4 is 28.8 Å². The zero-order chi connectivity index (χ0) is 19.7. The molecule has 2 aromatic rings. The molecule has 0 saturated carbocycles. The van der Waals surface area contributed by atoms with Crippen LogP contribution in [0.1, 0.15) is 28.9 Å². The molecule has 2 saturated heterocycles. The van der Waals surface area contributed by atoms with Crippen molar-refractivity contribution in [2.45, 2.75) is 43.8 Å². The number of anilines is 1.